The van der Waals surface area contributed by atoms with E-state index in [0.29, 0.717) is 28.1 Å². The number of nitrogens with zero attached hydrogens (tertiary/aromatic N) is 3. The van der Waals surface area contributed by atoms with Crippen molar-refractivity contribution in [2.75, 3.05) is 0 Å². The van der Waals surface area contributed by atoms with Gasteiger partial charge in [-0.15, -0.1) is 0 Å². The molecule has 12 aromatic rings. The van der Waals surface area contributed by atoms with E-state index in [1.165, 1.54) is 28.3 Å². The second-order valence-corrected chi connectivity index (χ2v) is 19.6. The van der Waals surface area contributed by atoms with Crippen molar-refractivity contribution in [1.82, 2.24) is 9.13 Å². The fourth-order valence-corrected chi connectivity index (χ4v) is 10.6. The van der Waals surface area contributed by atoms with E-state index in [1.54, 1.807) is 13.0 Å². The van der Waals surface area contributed by atoms with E-state index in [2.05, 4.69) is 212 Å². The highest BCUT2D eigenvalue weighted by atomic mass is 19.4. The predicted octanol–water partition coefficient (Wildman–Crippen LogP) is 19.3. The van der Waals surface area contributed by atoms with Crippen molar-refractivity contribution in [3.63, 3.8) is 0 Å². The summed E-state index contributed by atoms with van der Waals surface area (Å²) in [4.78, 5) is 4.12. The molecule has 0 saturated heterocycles. The lowest BCUT2D eigenvalue weighted by Crippen LogP contribution is -2.06. The van der Waals surface area contributed by atoms with Crippen LogP contribution in [0.1, 0.15) is 33.4 Å². The Kier molecular flexibility index (Phi) is 10.8. The van der Waals surface area contributed by atoms with Crippen LogP contribution in [0.3, 0.4) is 0 Å². The molecule has 0 bridgehead atoms. The zero-order valence-electron chi connectivity index (χ0n) is 41.0. The summed E-state index contributed by atoms with van der Waals surface area (Å²) in [5.41, 5.74) is 19.1. The second kappa shape index (κ2) is 17.4. The second-order valence-electron chi connectivity index (χ2n) is 19.6. The summed E-state index contributed by atoms with van der Waals surface area (Å²) in [6, 6.07) is 68.4. The maximum atomic E-state index is 14.6. The van der Waals surface area contributed by atoms with Crippen molar-refractivity contribution in [2.24, 2.45) is 0 Å². The van der Waals surface area contributed by atoms with Gasteiger partial charge in [-0.3, -0.25) is 0 Å². The molecule has 6 heteroatoms. The highest BCUT2D eigenvalue weighted by Gasteiger charge is 2.32. The number of aryl methyl sites for hydroxylation is 5. The van der Waals surface area contributed by atoms with Gasteiger partial charge in [-0.05, 0) is 169 Å². The number of hydrogen-bond donors (Lipinski definition) is 0. The van der Waals surface area contributed by atoms with Crippen LogP contribution in [-0.2, 0) is 6.18 Å². The fraction of sp³-hybridized carbons (Fsp3) is 0.0896. The van der Waals surface area contributed by atoms with Crippen LogP contribution in [0, 0.1) is 41.2 Å². The maximum Gasteiger partial charge on any atom is 0.416 e. The molecular weight excluding hydrogens is 904 g/mol. The Hall–Kier alpha value is -8.92. The van der Waals surface area contributed by atoms with Crippen LogP contribution < -0.4 is 0 Å². The minimum atomic E-state index is -4.59. The molecule has 0 fully saturated rings. The van der Waals surface area contributed by atoms with Crippen molar-refractivity contribution < 1.29 is 13.2 Å². The normalized spacial score (nSPS) is 11.8. The van der Waals surface area contributed by atoms with Gasteiger partial charge >= 0.3 is 6.18 Å². The van der Waals surface area contributed by atoms with Crippen LogP contribution in [-0.4, -0.2) is 9.13 Å². The van der Waals surface area contributed by atoms with Gasteiger partial charge in [0, 0.05) is 21.5 Å². The molecule has 0 N–H and O–H groups in total. The molecule has 2 heterocycles. The van der Waals surface area contributed by atoms with Crippen LogP contribution in [0.2, 0.25) is 0 Å². The van der Waals surface area contributed by atoms with Crippen LogP contribution in [0.5, 0.6) is 0 Å². The number of hydrogen-bond acceptors (Lipinski definition) is 0. The van der Waals surface area contributed by atoms with Gasteiger partial charge < -0.3 is 9.13 Å². The molecule has 0 amide bonds. The van der Waals surface area contributed by atoms with Gasteiger partial charge in [0.15, 0.2) is 5.69 Å². The number of halogens is 3. The highest BCUT2D eigenvalue weighted by Crippen LogP contribution is 2.46. The van der Waals surface area contributed by atoms with Crippen LogP contribution in [0.4, 0.5) is 18.9 Å². The predicted molar refractivity (Wildman–Crippen MR) is 297 cm³/mol. The molecule has 0 spiro atoms. The Morgan fingerprint density at radius 1 is 0.329 bits per heavy atom. The van der Waals surface area contributed by atoms with Gasteiger partial charge in [-0.1, -0.05) is 150 Å². The third-order valence-electron chi connectivity index (χ3n) is 14.5. The topological polar surface area (TPSA) is 14.2 Å². The lowest BCUT2D eigenvalue weighted by molar-refractivity contribution is -0.137. The van der Waals surface area contributed by atoms with Gasteiger partial charge in [0.1, 0.15) is 0 Å². The molecule has 0 atom stereocenters. The molecule has 0 aliphatic carbocycles. The molecule has 10 aromatic carbocycles. The zero-order chi connectivity index (χ0) is 50.3. The highest BCUT2D eigenvalue weighted by molar-refractivity contribution is 6.14. The number of rotatable bonds is 7. The van der Waals surface area contributed by atoms with E-state index in [4.69, 9.17) is 6.57 Å². The molecule has 0 saturated carbocycles. The van der Waals surface area contributed by atoms with Crippen molar-refractivity contribution in [1.29, 1.82) is 0 Å². The molecule has 73 heavy (non-hydrogen) atoms. The average molecular weight is 952 g/mol. The first kappa shape index (κ1) is 45.2. The summed E-state index contributed by atoms with van der Waals surface area (Å²) in [6.45, 7) is 18.7. The first-order valence-electron chi connectivity index (χ1n) is 24.5. The molecule has 0 unspecified atom stereocenters. The van der Waals surface area contributed by atoms with Gasteiger partial charge in [-0.25, -0.2) is 4.85 Å². The monoisotopic (exact) mass is 951 g/mol. The third kappa shape index (κ3) is 8.04. The SMILES string of the molecule is [C-]#[N+]c1cc(-n2c3ccc(-c4ccc(C)cc4)cc3c3cc(-c4ccc(C)cc4)ccc32)c(-n2c3ccc(-c4ccc(C)cc4)cc3c3cc(-c4ccc(C)cc4)ccc32)cc1-c1cc(C)cc(C(F)(F)F)c1. The minimum absolute atomic E-state index is 0.240. The van der Waals surface area contributed by atoms with Crippen LogP contribution in [0.25, 0.3) is 115 Å². The van der Waals surface area contributed by atoms with Crippen molar-refractivity contribution in [3.05, 3.63) is 245 Å². The molecule has 352 valence electrons. The van der Waals surface area contributed by atoms with E-state index in [0.717, 1.165) is 94.2 Å². The molecule has 0 aliphatic heterocycles. The number of alkyl halides is 3. The summed E-state index contributed by atoms with van der Waals surface area (Å²) in [5, 5.41) is 4.10. The lowest BCUT2D eigenvalue weighted by atomic mass is 9.97. The summed E-state index contributed by atoms with van der Waals surface area (Å²) >= 11 is 0. The first-order chi connectivity index (χ1) is 35.3. The Morgan fingerprint density at radius 3 is 0.959 bits per heavy atom. The molecule has 2 aromatic heterocycles. The first-order valence-corrected chi connectivity index (χ1v) is 24.5. The summed E-state index contributed by atoms with van der Waals surface area (Å²) in [5.74, 6) is 0. The maximum absolute atomic E-state index is 14.6. The molecule has 0 radical (unpaired) electrons. The van der Waals surface area contributed by atoms with Crippen molar-refractivity contribution >= 4 is 49.3 Å². The molecule has 0 aliphatic rings. The van der Waals surface area contributed by atoms with Gasteiger partial charge in [0.05, 0.1) is 45.6 Å². The largest absolute Gasteiger partial charge is 0.416 e. The quantitative estimate of drug-likeness (QED) is 0.141. The van der Waals surface area contributed by atoms with Gasteiger partial charge in [0.2, 0.25) is 0 Å². The zero-order valence-corrected chi connectivity index (χ0v) is 41.0. The van der Waals surface area contributed by atoms with E-state index in [-0.39, 0.29) is 5.69 Å². The standard InChI is InChI=1S/C67H48F3N3/c1-40-7-15-45(16-8-40)49-23-27-61-56(34-49)57-35-50(46-17-9-41(2)10-18-46)24-28-62(57)72(61)65-38-55(53-31-44(5)32-54(33-53)67(68,69)70)60(71-6)39-66(65)73-63-29-25-51(47-19-11-42(3)12-20-47)36-58(63)59-37-52(26-30-64(59)73)48-21-13-43(4)14-22-48/h7-39H,1-5H3. The molecule has 3 nitrogen and oxygen atoms in total. The Balaban J connectivity index is 1.21. The number of benzene rings is 10. The van der Waals surface area contributed by atoms with E-state index < -0.39 is 11.7 Å². The number of aromatic nitrogens is 2. The van der Waals surface area contributed by atoms with E-state index in [9.17, 15) is 13.2 Å². The molecular formula is C67H48F3N3. The average Bonchev–Trinajstić information content (AvgIpc) is 3.90. The smallest absolute Gasteiger partial charge is 0.308 e. The van der Waals surface area contributed by atoms with E-state index in [1.807, 2.05) is 12.1 Å². The van der Waals surface area contributed by atoms with Crippen LogP contribution in [0.15, 0.2) is 200 Å². The Labute approximate surface area is 422 Å². The lowest BCUT2D eigenvalue weighted by Gasteiger charge is -2.20. The third-order valence-corrected chi connectivity index (χ3v) is 14.5. The summed E-state index contributed by atoms with van der Waals surface area (Å²) in [6.07, 6.45) is -4.59. The van der Waals surface area contributed by atoms with Crippen LogP contribution >= 0.6 is 0 Å². The van der Waals surface area contributed by atoms with E-state index >= 15 is 0 Å². The van der Waals surface area contributed by atoms with Gasteiger partial charge in [-0.2, -0.15) is 13.2 Å². The van der Waals surface area contributed by atoms with Crippen molar-refractivity contribution in [3.8, 4) is 67.0 Å². The molecule has 12 rings (SSSR count). The summed E-state index contributed by atoms with van der Waals surface area (Å²) < 4.78 is 48.4. The van der Waals surface area contributed by atoms with Crippen molar-refractivity contribution in [2.45, 2.75) is 40.8 Å². The fourth-order valence-electron chi connectivity index (χ4n) is 10.6. The number of fused-ring (bicyclic) bond motifs is 6. The Morgan fingerprint density at radius 2 is 0.644 bits per heavy atom. The minimum Gasteiger partial charge on any atom is -0.308 e. The van der Waals surface area contributed by atoms with Gasteiger partial charge in [0.25, 0.3) is 0 Å². The summed E-state index contributed by atoms with van der Waals surface area (Å²) in [7, 11) is 0. The Bertz CT molecular complexity index is 4000.